The van der Waals surface area contributed by atoms with Crippen LogP contribution in [-0.2, 0) is 6.42 Å². The molecule has 2 rings (SSSR count). The fraction of sp³-hybridized carbons (Fsp3) is 0.812. The number of hydrogen-bond acceptors (Lipinski definition) is 3. The van der Waals surface area contributed by atoms with E-state index in [4.69, 9.17) is 0 Å². The molecule has 1 aliphatic carbocycles. The molecule has 0 aromatic carbocycles. The minimum absolute atomic E-state index is 0.612. The molecule has 0 aliphatic heterocycles. The van der Waals surface area contributed by atoms with Gasteiger partial charge in [-0.1, -0.05) is 20.8 Å². The summed E-state index contributed by atoms with van der Waals surface area (Å²) in [6.45, 7) is 10.2. The molecular formula is C16H28N2S. The van der Waals surface area contributed by atoms with Gasteiger partial charge in [-0.05, 0) is 50.5 Å². The molecule has 1 heterocycles. The third kappa shape index (κ3) is 4.28. The van der Waals surface area contributed by atoms with Gasteiger partial charge in [-0.3, -0.25) is 0 Å². The summed E-state index contributed by atoms with van der Waals surface area (Å²) < 4.78 is 0. The minimum Gasteiger partial charge on any atom is -0.314 e. The maximum Gasteiger partial charge on any atom is 0.0943 e. The van der Waals surface area contributed by atoms with E-state index in [1.165, 1.54) is 30.0 Å². The molecule has 0 amide bonds. The maximum atomic E-state index is 4.64. The third-order valence-electron chi connectivity index (χ3n) is 4.31. The fourth-order valence-corrected chi connectivity index (χ4v) is 4.52. The van der Waals surface area contributed by atoms with Gasteiger partial charge < -0.3 is 5.32 Å². The van der Waals surface area contributed by atoms with Crippen LogP contribution in [0.15, 0.2) is 5.38 Å². The molecule has 0 bridgehead atoms. The van der Waals surface area contributed by atoms with E-state index < -0.39 is 0 Å². The summed E-state index contributed by atoms with van der Waals surface area (Å²) in [7, 11) is 0. The SMILES string of the molecule is CCNC(Cc1nc(C)cs1)C1CC(C)CC(C)C1. The average Bonchev–Trinajstić information content (AvgIpc) is 2.73. The average molecular weight is 280 g/mol. The number of aromatic nitrogens is 1. The summed E-state index contributed by atoms with van der Waals surface area (Å²) in [5.41, 5.74) is 1.17. The highest BCUT2D eigenvalue weighted by molar-refractivity contribution is 7.09. The molecule has 0 radical (unpaired) electrons. The Balaban J connectivity index is 2.02. The number of nitrogens with zero attached hydrogens (tertiary/aromatic N) is 1. The molecule has 0 spiro atoms. The molecule has 3 atom stereocenters. The second-order valence-electron chi connectivity index (χ2n) is 6.43. The lowest BCUT2D eigenvalue weighted by Crippen LogP contribution is -2.41. The largest absolute Gasteiger partial charge is 0.314 e. The van der Waals surface area contributed by atoms with Gasteiger partial charge in [-0.2, -0.15) is 0 Å². The second kappa shape index (κ2) is 6.85. The number of hydrogen-bond donors (Lipinski definition) is 1. The van der Waals surface area contributed by atoms with Crippen molar-refractivity contribution in [3.8, 4) is 0 Å². The molecule has 1 fully saturated rings. The first kappa shape index (κ1) is 15.0. The molecule has 1 aliphatic rings. The zero-order valence-corrected chi connectivity index (χ0v) is 13.6. The Hall–Kier alpha value is -0.410. The zero-order valence-electron chi connectivity index (χ0n) is 12.8. The molecular weight excluding hydrogens is 252 g/mol. The van der Waals surface area contributed by atoms with Crippen molar-refractivity contribution in [3.05, 3.63) is 16.1 Å². The van der Waals surface area contributed by atoms with Crippen molar-refractivity contribution in [1.82, 2.24) is 10.3 Å². The number of thiazole rings is 1. The van der Waals surface area contributed by atoms with Crippen LogP contribution in [0, 0.1) is 24.7 Å². The van der Waals surface area contributed by atoms with Crippen LogP contribution in [0.5, 0.6) is 0 Å². The Morgan fingerprint density at radius 3 is 2.53 bits per heavy atom. The Kier molecular flexibility index (Phi) is 5.40. The fourth-order valence-electron chi connectivity index (χ4n) is 3.69. The summed E-state index contributed by atoms with van der Waals surface area (Å²) in [4.78, 5) is 4.64. The van der Waals surface area contributed by atoms with Crippen molar-refractivity contribution < 1.29 is 0 Å². The van der Waals surface area contributed by atoms with E-state index in [0.717, 1.165) is 30.7 Å². The first-order valence-corrected chi connectivity index (χ1v) is 8.60. The topological polar surface area (TPSA) is 24.9 Å². The minimum atomic E-state index is 0.612. The third-order valence-corrected chi connectivity index (χ3v) is 5.30. The highest BCUT2D eigenvalue weighted by Crippen LogP contribution is 2.35. The highest BCUT2D eigenvalue weighted by Gasteiger charge is 2.30. The van der Waals surface area contributed by atoms with Crippen molar-refractivity contribution >= 4 is 11.3 Å². The smallest absolute Gasteiger partial charge is 0.0943 e. The van der Waals surface area contributed by atoms with Crippen LogP contribution in [0.25, 0.3) is 0 Å². The van der Waals surface area contributed by atoms with Gasteiger partial charge in [0, 0.05) is 23.5 Å². The van der Waals surface area contributed by atoms with Gasteiger partial charge in [0.25, 0.3) is 0 Å². The van der Waals surface area contributed by atoms with Crippen LogP contribution in [0.1, 0.15) is 50.7 Å². The van der Waals surface area contributed by atoms with E-state index in [1.807, 2.05) is 11.3 Å². The second-order valence-corrected chi connectivity index (χ2v) is 7.37. The molecule has 1 aromatic heterocycles. The van der Waals surface area contributed by atoms with Crippen molar-refractivity contribution in [1.29, 1.82) is 0 Å². The monoisotopic (exact) mass is 280 g/mol. The van der Waals surface area contributed by atoms with Crippen molar-refractivity contribution in [2.75, 3.05) is 6.54 Å². The van der Waals surface area contributed by atoms with Crippen LogP contribution in [0.2, 0.25) is 0 Å². The first-order chi connectivity index (χ1) is 9.08. The van der Waals surface area contributed by atoms with E-state index in [-0.39, 0.29) is 0 Å². The standard InChI is InChI=1S/C16H28N2S/c1-5-17-15(9-16-18-13(4)10-19-16)14-7-11(2)6-12(3)8-14/h10-12,14-15,17H,5-9H2,1-4H3. The van der Waals surface area contributed by atoms with Gasteiger partial charge in [0.05, 0.1) is 5.01 Å². The van der Waals surface area contributed by atoms with Gasteiger partial charge in [-0.25, -0.2) is 4.98 Å². The van der Waals surface area contributed by atoms with Gasteiger partial charge in [0.2, 0.25) is 0 Å². The van der Waals surface area contributed by atoms with Gasteiger partial charge in [0.1, 0.15) is 0 Å². The van der Waals surface area contributed by atoms with Gasteiger partial charge in [0.15, 0.2) is 0 Å². The molecule has 0 saturated heterocycles. The Bertz CT molecular complexity index is 378. The quantitative estimate of drug-likeness (QED) is 0.880. The van der Waals surface area contributed by atoms with Crippen molar-refractivity contribution in [3.63, 3.8) is 0 Å². The lowest BCUT2D eigenvalue weighted by Gasteiger charge is -2.36. The predicted molar refractivity (Wildman–Crippen MR) is 83.7 cm³/mol. The maximum absolute atomic E-state index is 4.64. The van der Waals surface area contributed by atoms with Crippen LogP contribution in [0.3, 0.4) is 0 Å². The molecule has 2 nitrogen and oxygen atoms in total. The van der Waals surface area contributed by atoms with Crippen molar-refractivity contribution in [2.45, 2.75) is 59.4 Å². The van der Waals surface area contributed by atoms with Crippen LogP contribution in [-0.4, -0.2) is 17.6 Å². The molecule has 1 saturated carbocycles. The predicted octanol–water partition coefficient (Wildman–Crippen LogP) is 4.04. The molecule has 1 aromatic rings. The normalized spacial score (nSPS) is 29.4. The van der Waals surface area contributed by atoms with E-state index in [0.29, 0.717) is 6.04 Å². The van der Waals surface area contributed by atoms with Crippen molar-refractivity contribution in [2.24, 2.45) is 17.8 Å². The summed E-state index contributed by atoms with van der Waals surface area (Å²) in [5.74, 6) is 2.59. The van der Waals surface area contributed by atoms with E-state index in [9.17, 15) is 0 Å². The van der Waals surface area contributed by atoms with E-state index in [1.54, 1.807) is 0 Å². The van der Waals surface area contributed by atoms with Crippen LogP contribution < -0.4 is 5.32 Å². The molecule has 3 heteroatoms. The number of likely N-dealkylation sites (N-methyl/N-ethyl adjacent to an activating group) is 1. The first-order valence-electron chi connectivity index (χ1n) is 7.72. The molecule has 108 valence electrons. The lowest BCUT2D eigenvalue weighted by molar-refractivity contribution is 0.176. The van der Waals surface area contributed by atoms with Crippen LogP contribution >= 0.6 is 11.3 Å². The van der Waals surface area contributed by atoms with Gasteiger partial charge >= 0.3 is 0 Å². The summed E-state index contributed by atoms with van der Waals surface area (Å²) >= 11 is 1.82. The zero-order chi connectivity index (χ0) is 13.8. The lowest BCUT2D eigenvalue weighted by atomic mass is 9.73. The van der Waals surface area contributed by atoms with Gasteiger partial charge in [-0.15, -0.1) is 11.3 Å². The molecule has 3 unspecified atom stereocenters. The highest BCUT2D eigenvalue weighted by atomic mass is 32.1. The Labute approximate surface area is 122 Å². The molecule has 19 heavy (non-hydrogen) atoms. The summed E-state index contributed by atoms with van der Waals surface area (Å²) in [6.07, 6.45) is 5.28. The molecule has 1 N–H and O–H groups in total. The van der Waals surface area contributed by atoms with Crippen LogP contribution in [0.4, 0.5) is 0 Å². The summed E-state index contributed by atoms with van der Waals surface area (Å²) in [6, 6.07) is 0.612. The number of rotatable bonds is 5. The number of nitrogens with one attached hydrogen (secondary N) is 1. The Morgan fingerprint density at radius 1 is 1.32 bits per heavy atom. The number of aryl methyl sites for hydroxylation is 1. The van der Waals surface area contributed by atoms with E-state index in [2.05, 4.69) is 43.4 Å². The Morgan fingerprint density at radius 2 is 2.00 bits per heavy atom. The van der Waals surface area contributed by atoms with E-state index >= 15 is 0 Å². The summed E-state index contributed by atoms with van der Waals surface area (Å²) in [5, 5.41) is 7.19.